The van der Waals surface area contributed by atoms with Crippen LogP contribution in [0.2, 0.25) is 0 Å². The number of aromatic nitrogens is 1. The Kier molecular flexibility index (Phi) is 7.37. The van der Waals surface area contributed by atoms with E-state index in [1.54, 1.807) is 7.11 Å². The Bertz CT molecular complexity index is 602. The van der Waals surface area contributed by atoms with E-state index in [9.17, 15) is 22.4 Å². The number of hydrogen-bond donors (Lipinski definition) is 2. The third-order valence-corrected chi connectivity index (χ3v) is 4.47. The summed E-state index contributed by atoms with van der Waals surface area (Å²) >= 11 is 0. The minimum absolute atomic E-state index is 0.146. The standard InChI is InChI=1S/C17H23F4N3O3/c1-26-10-16(4-6-22-7-5-16)9-24-14(25)12-2-3-13(23-8-12)27-11-17(20,21)15(18)19/h2-3,8,15,22H,4-7,9-11H2,1H3,(H,24,25). The maximum absolute atomic E-state index is 12.8. The number of nitrogens with zero attached hydrogens (tertiary/aromatic N) is 1. The van der Waals surface area contributed by atoms with Crippen molar-refractivity contribution in [3.63, 3.8) is 0 Å². The highest BCUT2D eigenvalue weighted by Crippen LogP contribution is 2.28. The number of pyridine rings is 1. The van der Waals surface area contributed by atoms with Crippen LogP contribution in [0.15, 0.2) is 18.3 Å². The zero-order chi connectivity index (χ0) is 19.9. The molecule has 1 saturated heterocycles. The Morgan fingerprint density at radius 3 is 2.63 bits per heavy atom. The molecule has 2 rings (SSSR count). The number of carbonyl (C=O) groups is 1. The van der Waals surface area contributed by atoms with Crippen molar-refractivity contribution < 1.29 is 31.8 Å². The zero-order valence-corrected chi connectivity index (χ0v) is 14.9. The molecule has 1 aliphatic rings. The molecule has 1 amide bonds. The van der Waals surface area contributed by atoms with Gasteiger partial charge in [0.25, 0.3) is 5.91 Å². The normalized spacial score (nSPS) is 17.0. The van der Waals surface area contributed by atoms with E-state index in [4.69, 9.17) is 4.74 Å². The van der Waals surface area contributed by atoms with E-state index in [-0.39, 0.29) is 22.8 Å². The topological polar surface area (TPSA) is 72.5 Å². The zero-order valence-electron chi connectivity index (χ0n) is 14.9. The van der Waals surface area contributed by atoms with Gasteiger partial charge in [-0.25, -0.2) is 13.8 Å². The van der Waals surface area contributed by atoms with Crippen molar-refractivity contribution in [1.29, 1.82) is 0 Å². The molecule has 0 spiro atoms. The van der Waals surface area contributed by atoms with Crippen molar-refractivity contribution in [2.45, 2.75) is 25.2 Å². The number of carbonyl (C=O) groups excluding carboxylic acids is 1. The summed E-state index contributed by atoms with van der Waals surface area (Å²) in [5, 5.41) is 6.10. The molecule has 6 nitrogen and oxygen atoms in total. The average molecular weight is 393 g/mol. The van der Waals surface area contributed by atoms with Crippen molar-refractivity contribution in [3.05, 3.63) is 23.9 Å². The molecule has 0 atom stereocenters. The predicted octanol–water partition coefficient (Wildman–Crippen LogP) is 2.11. The first-order chi connectivity index (χ1) is 12.8. The van der Waals surface area contributed by atoms with Crippen LogP contribution in [0.25, 0.3) is 0 Å². The van der Waals surface area contributed by atoms with Crippen LogP contribution < -0.4 is 15.4 Å². The van der Waals surface area contributed by atoms with Crippen LogP contribution in [0.5, 0.6) is 5.88 Å². The van der Waals surface area contributed by atoms with E-state index in [2.05, 4.69) is 20.4 Å². The number of halogens is 4. The maximum atomic E-state index is 12.8. The summed E-state index contributed by atoms with van der Waals surface area (Å²) in [6.45, 7) is 1.15. The van der Waals surface area contributed by atoms with Gasteiger partial charge >= 0.3 is 12.3 Å². The second-order valence-electron chi connectivity index (χ2n) is 6.60. The fourth-order valence-electron chi connectivity index (χ4n) is 2.84. The lowest BCUT2D eigenvalue weighted by Crippen LogP contribution is -2.47. The lowest BCUT2D eigenvalue weighted by atomic mass is 9.79. The van der Waals surface area contributed by atoms with Crippen LogP contribution >= 0.6 is 0 Å². The van der Waals surface area contributed by atoms with Crippen LogP contribution in [-0.2, 0) is 4.74 Å². The molecule has 0 unspecified atom stereocenters. The van der Waals surface area contributed by atoms with Gasteiger partial charge in [0.1, 0.15) is 0 Å². The van der Waals surface area contributed by atoms with Gasteiger partial charge in [0.15, 0.2) is 6.61 Å². The number of amides is 1. The van der Waals surface area contributed by atoms with E-state index in [0.29, 0.717) is 13.2 Å². The number of alkyl halides is 4. The van der Waals surface area contributed by atoms with Gasteiger partial charge in [-0.2, -0.15) is 8.78 Å². The highest BCUT2D eigenvalue weighted by molar-refractivity contribution is 5.93. The third-order valence-electron chi connectivity index (χ3n) is 4.47. The van der Waals surface area contributed by atoms with E-state index >= 15 is 0 Å². The Morgan fingerprint density at radius 2 is 2.07 bits per heavy atom. The number of rotatable bonds is 9. The molecule has 0 saturated carbocycles. The van der Waals surface area contributed by atoms with Crippen LogP contribution in [0.1, 0.15) is 23.2 Å². The van der Waals surface area contributed by atoms with E-state index in [0.717, 1.165) is 32.1 Å². The summed E-state index contributed by atoms with van der Waals surface area (Å²) < 4.78 is 59.7. The van der Waals surface area contributed by atoms with Crippen LogP contribution in [-0.4, -0.2) is 63.2 Å². The minimum atomic E-state index is -4.26. The molecular formula is C17H23F4N3O3. The van der Waals surface area contributed by atoms with Gasteiger partial charge in [0, 0.05) is 31.3 Å². The van der Waals surface area contributed by atoms with Gasteiger partial charge in [-0.3, -0.25) is 4.79 Å². The molecule has 27 heavy (non-hydrogen) atoms. The number of hydrogen-bond acceptors (Lipinski definition) is 5. The highest BCUT2D eigenvalue weighted by atomic mass is 19.3. The van der Waals surface area contributed by atoms with E-state index in [1.807, 2.05) is 0 Å². The van der Waals surface area contributed by atoms with E-state index < -0.39 is 19.0 Å². The molecule has 1 aromatic heterocycles. The fourth-order valence-corrected chi connectivity index (χ4v) is 2.84. The van der Waals surface area contributed by atoms with Crippen molar-refractivity contribution >= 4 is 5.91 Å². The summed E-state index contributed by atoms with van der Waals surface area (Å²) in [5.41, 5.74) is 0.0666. The van der Waals surface area contributed by atoms with E-state index in [1.165, 1.54) is 12.1 Å². The summed E-state index contributed by atoms with van der Waals surface area (Å²) in [6.07, 6.45) is -0.942. The monoisotopic (exact) mass is 393 g/mol. The summed E-state index contributed by atoms with van der Waals surface area (Å²) in [5.74, 6) is -4.90. The van der Waals surface area contributed by atoms with Gasteiger partial charge < -0.3 is 20.1 Å². The van der Waals surface area contributed by atoms with Gasteiger partial charge in [-0.05, 0) is 32.0 Å². The molecule has 0 bridgehead atoms. The van der Waals surface area contributed by atoms with Crippen LogP contribution in [0.3, 0.4) is 0 Å². The fraction of sp³-hybridized carbons (Fsp3) is 0.647. The van der Waals surface area contributed by atoms with Crippen molar-refractivity contribution in [2.75, 3.05) is 40.0 Å². The largest absolute Gasteiger partial charge is 0.471 e. The van der Waals surface area contributed by atoms with Crippen LogP contribution in [0, 0.1) is 5.41 Å². The number of ether oxygens (including phenoxy) is 2. The molecule has 2 N–H and O–H groups in total. The average Bonchev–Trinajstić information content (AvgIpc) is 2.66. The summed E-state index contributed by atoms with van der Waals surface area (Å²) in [7, 11) is 1.62. The second kappa shape index (κ2) is 9.32. The first kappa shape index (κ1) is 21.4. The third kappa shape index (κ3) is 6.03. The Labute approximate surface area is 154 Å². The molecule has 1 aliphatic heterocycles. The molecule has 0 aromatic carbocycles. The predicted molar refractivity (Wildman–Crippen MR) is 89.4 cm³/mol. The SMILES string of the molecule is COCC1(CNC(=O)c2ccc(OCC(F)(F)C(F)F)nc2)CCNCC1. The Hall–Kier alpha value is -1.94. The van der Waals surface area contributed by atoms with Crippen molar-refractivity contribution in [1.82, 2.24) is 15.6 Å². The smallest absolute Gasteiger partial charge is 0.340 e. The van der Waals surface area contributed by atoms with Crippen LogP contribution in [0.4, 0.5) is 17.6 Å². The maximum Gasteiger partial charge on any atom is 0.340 e. The van der Waals surface area contributed by atoms with Crippen molar-refractivity contribution in [3.8, 4) is 5.88 Å². The summed E-state index contributed by atoms with van der Waals surface area (Å²) in [4.78, 5) is 16.0. The first-order valence-electron chi connectivity index (χ1n) is 8.51. The molecule has 152 valence electrons. The lowest BCUT2D eigenvalue weighted by molar-refractivity contribution is -0.148. The number of piperidine rings is 1. The van der Waals surface area contributed by atoms with Crippen molar-refractivity contribution in [2.24, 2.45) is 5.41 Å². The molecule has 1 aromatic rings. The first-order valence-corrected chi connectivity index (χ1v) is 8.51. The minimum Gasteiger partial charge on any atom is -0.471 e. The molecule has 10 heteroatoms. The Morgan fingerprint density at radius 1 is 1.37 bits per heavy atom. The molecule has 2 heterocycles. The molecule has 0 aliphatic carbocycles. The van der Waals surface area contributed by atoms with Gasteiger partial charge in [0.05, 0.1) is 12.2 Å². The quantitative estimate of drug-likeness (QED) is 0.629. The molecular weight excluding hydrogens is 370 g/mol. The number of nitrogens with one attached hydrogen (secondary N) is 2. The second-order valence-corrected chi connectivity index (χ2v) is 6.60. The highest BCUT2D eigenvalue weighted by Gasteiger charge is 2.41. The summed E-state index contributed by atoms with van der Waals surface area (Å²) in [6, 6.07) is 2.52. The van der Waals surface area contributed by atoms with Gasteiger partial charge in [-0.15, -0.1) is 0 Å². The molecule has 0 radical (unpaired) electrons. The van der Waals surface area contributed by atoms with Gasteiger partial charge in [0.2, 0.25) is 5.88 Å². The molecule has 1 fully saturated rings. The number of methoxy groups -OCH3 is 1. The Balaban J connectivity index is 1.89. The lowest BCUT2D eigenvalue weighted by Gasteiger charge is -2.37. The van der Waals surface area contributed by atoms with Gasteiger partial charge in [-0.1, -0.05) is 0 Å².